The predicted molar refractivity (Wildman–Crippen MR) is 55.7 cm³/mol. The van der Waals surface area contributed by atoms with E-state index in [9.17, 15) is 4.79 Å². The lowest BCUT2D eigenvalue weighted by Crippen LogP contribution is -2.30. The first kappa shape index (κ1) is 10.4. The Labute approximate surface area is 89.2 Å². The zero-order valence-electron chi connectivity index (χ0n) is 9.14. The van der Waals surface area contributed by atoms with Gasteiger partial charge >= 0.3 is 0 Å². The fourth-order valence-electron chi connectivity index (χ4n) is 2.29. The van der Waals surface area contributed by atoms with Gasteiger partial charge in [-0.15, -0.1) is 0 Å². The van der Waals surface area contributed by atoms with E-state index in [4.69, 9.17) is 4.52 Å². The standard InChI is InChI=1S/C11H16N2O2/c1-8(2)13-5-3-4-10(13)11-9(7-14)6-12-15-11/h6-8,10H,3-5H2,1-2H3. The van der Waals surface area contributed by atoms with Crippen LogP contribution in [0.2, 0.25) is 0 Å². The molecule has 1 aliphatic heterocycles. The normalized spacial score (nSPS) is 22.5. The zero-order chi connectivity index (χ0) is 10.8. The zero-order valence-corrected chi connectivity index (χ0v) is 9.14. The van der Waals surface area contributed by atoms with Crippen LogP contribution in [-0.2, 0) is 0 Å². The van der Waals surface area contributed by atoms with E-state index >= 15 is 0 Å². The third kappa shape index (κ3) is 1.81. The first-order valence-corrected chi connectivity index (χ1v) is 5.39. The molecule has 82 valence electrons. The van der Waals surface area contributed by atoms with Gasteiger partial charge in [-0.25, -0.2) is 0 Å². The summed E-state index contributed by atoms with van der Waals surface area (Å²) in [7, 11) is 0. The van der Waals surface area contributed by atoms with Crippen LogP contribution in [0, 0.1) is 0 Å². The molecule has 1 unspecified atom stereocenters. The minimum atomic E-state index is 0.229. The Kier molecular flexibility index (Phi) is 2.86. The lowest BCUT2D eigenvalue weighted by Gasteiger charge is -2.26. The monoisotopic (exact) mass is 208 g/mol. The Balaban J connectivity index is 2.26. The number of hydrogen-bond donors (Lipinski definition) is 0. The van der Waals surface area contributed by atoms with E-state index in [1.807, 2.05) is 0 Å². The second-order valence-corrected chi connectivity index (χ2v) is 4.25. The third-order valence-electron chi connectivity index (χ3n) is 3.01. The second kappa shape index (κ2) is 4.14. The molecule has 4 nitrogen and oxygen atoms in total. The van der Waals surface area contributed by atoms with Crippen molar-refractivity contribution >= 4 is 6.29 Å². The van der Waals surface area contributed by atoms with Gasteiger partial charge < -0.3 is 4.52 Å². The number of carbonyl (C=O) groups excluding carboxylic acids is 1. The molecule has 0 N–H and O–H groups in total. The topological polar surface area (TPSA) is 46.3 Å². The molecule has 1 aromatic rings. The molecule has 1 aromatic heterocycles. The summed E-state index contributed by atoms with van der Waals surface area (Å²) in [5.41, 5.74) is 0.590. The molecule has 0 aliphatic carbocycles. The van der Waals surface area contributed by atoms with E-state index in [0.717, 1.165) is 31.4 Å². The molecule has 2 heterocycles. The molecular formula is C11H16N2O2. The molecule has 0 bridgehead atoms. The number of carbonyl (C=O) groups is 1. The fraction of sp³-hybridized carbons (Fsp3) is 0.636. The molecule has 0 radical (unpaired) electrons. The van der Waals surface area contributed by atoms with E-state index < -0.39 is 0 Å². The largest absolute Gasteiger partial charge is 0.359 e. The van der Waals surface area contributed by atoms with Crippen LogP contribution in [0.25, 0.3) is 0 Å². The number of hydrogen-bond acceptors (Lipinski definition) is 4. The summed E-state index contributed by atoms with van der Waals surface area (Å²) >= 11 is 0. The summed E-state index contributed by atoms with van der Waals surface area (Å²) < 4.78 is 5.20. The van der Waals surface area contributed by atoms with Gasteiger partial charge in [0.1, 0.15) is 0 Å². The molecule has 15 heavy (non-hydrogen) atoms. The maximum absolute atomic E-state index is 10.8. The highest BCUT2D eigenvalue weighted by molar-refractivity contribution is 5.75. The molecule has 0 amide bonds. The van der Waals surface area contributed by atoms with Gasteiger partial charge in [0.2, 0.25) is 0 Å². The first-order valence-electron chi connectivity index (χ1n) is 5.39. The van der Waals surface area contributed by atoms with Gasteiger partial charge in [0, 0.05) is 6.04 Å². The van der Waals surface area contributed by atoms with Crippen molar-refractivity contribution in [2.75, 3.05) is 6.54 Å². The Morgan fingerprint density at radius 2 is 2.47 bits per heavy atom. The molecule has 0 saturated carbocycles. The molecule has 1 aliphatic rings. The van der Waals surface area contributed by atoms with Gasteiger partial charge in [0.05, 0.1) is 17.8 Å². The van der Waals surface area contributed by atoms with E-state index in [0.29, 0.717) is 11.6 Å². The van der Waals surface area contributed by atoms with Gasteiger partial charge in [-0.05, 0) is 33.2 Å². The summed E-state index contributed by atoms with van der Waals surface area (Å²) in [5, 5.41) is 3.70. The SMILES string of the molecule is CC(C)N1CCCC1c1oncc1C=O. The first-order chi connectivity index (χ1) is 7.24. The van der Waals surface area contributed by atoms with Crippen molar-refractivity contribution in [1.82, 2.24) is 10.1 Å². The summed E-state index contributed by atoms with van der Waals surface area (Å²) in [6, 6.07) is 0.704. The minimum Gasteiger partial charge on any atom is -0.359 e. The smallest absolute Gasteiger partial charge is 0.164 e. The molecule has 4 heteroatoms. The number of aromatic nitrogens is 1. The third-order valence-corrected chi connectivity index (χ3v) is 3.01. The van der Waals surface area contributed by atoms with Crippen molar-refractivity contribution in [2.24, 2.45) is 0 Å². The van der Waals surface area contributed by atoms with Crippen LogP contribution in [0.4, 0.5) is 0 Å². The van der Waals surface area contributed by atoms with Gasteiger partial charge in [-0.1, -0.05) is 5.16 Å². The molecule has 1 fully saturated rings. The lowest BCUT2D eigenvalue weighted by atomic mass is 10.1. The highest BCUT2D eigenvalue weighted by atomic mass is 16.5. The minimum absolute atomic E-state index is 0.229. The molecule has 1 atom stereocenters. The van der Waals surface area contributed by atoms with Gasteiger partial charge in [0.25, 0.3) is 0 Å². The second-order valence-electron chi connectivity index (χ2n) is 4.25. The van der Waals surface area contributed by atoms with Crippen LogP contribution < -0.4 is 0 Å². The van der Waals surface area contributed by atoms with Crippen molar-refractivity contribution in [2.45, 2.75) is 38.8 Å². The van der Waals surface area contributed by atoms with E-state index in [2.05, 4.69) is 23.9 Å². The molecule has 0 spiro atoms. The summed E-state index contributed by atoms with van der Waals surface area (Å²) in [5.74, 6) is 0.733. The van der Waals surface area contributed by atoms with Crippen molar-refractivity contribution in [1.29, 1.82) is 0 Å². The predicted octanol–water partition coefficient (Wildman–Crippen LogP) is 2.03. The maximum Gasteiger partial charge on any atom is 0.164 e. The lowest BCUT2D eigenvalue weighted by molar-refractivity contribution is 0.111. The molecular weight excluding hydrogens is 192 g/mol. The van der Waals surface area contributed by atoms with Crippen molar-refractivity contribution in [3.63, 3.8) is 0 Å². The van der Waals surface area contributed by atoms with Crippen LogP contribution in [0.15, 0.2) is 10.7 Å². The van der Waals surface area contributed by atoms with Crippen molar-refractivity contribution < 1.29 is 9.32 Å². The Morgan fingerprint density at radius 3 is 3.13 bits per heavy atom. The van der Waals surface area contributed by atoms with E-state index in [-0.39, 0.29) is 6.04 Å². The van der Waals surface area contributed by atoms with Crippen LogP contribution in [0.3, 0.4) is 0 Å². The molecule has 1 saturated heterocycles. The van der Waals surface area contributed by atoms with Crippen LogP contribution >= 0.6 is 0 Å². The van der Waals surface area contributed by atoms with Gasteiger partial charge in [-0.3, -0.25) is 9.69 Å². The molecule has 0 aromatic carbocycles. The average molecular weight is 208 g/mol. The summed E-state index contributed by atoms with van der Waals surface area (Å²) in [4.78, 5) is 13.2. The number of likely N-dealkylation sites (tertiary alicyclic amines) is 1. The number of aldehydes is 1. The van der Waals surface area contributed by atoms with Crippen LogP contribution in [0.5, 0.6) is 0 Å². The average Bonchev–Trinajstić information content (AvgIpc) is 2.85. The Morgan fingerprint density at radius 1 is 1.67 bits per heavy atom. The Hall–Kier alpha value is -1.16. The summed E-state index contributed by atoms with van der Waals surface area (Å²) in [6.07, 6.45) is 4.53. The highest BCUT2D eigenvalue weighted by Crippen LogP contribution is 2.34. The quantitative estimate of drug-likeness (QED) is 0.713. The maximum atomic E-state index is 10.8. The number of nitrogens with zero attached hydrogens (tertiary/aromatic N) is 2. The van der Waals surface area contributed by atoms with E-state index in [1.54, 1.807) is 0 Å². The highest BCUT2D eigenvalue weighted by Gasteiger charge is 2.32. The van der Waals surface area contributed by atoms with Gasteiger partial charge in [0.15, 0.2) is 12.0 Å². The molecule has 2 rings (SSSR count). The van der Waals surface area contributed by atoms with Crippen molar-refractivity contribution in [3.8, 4) is 0 Å². The van der Waals surface area contributed by atoms with E-state index in [1.165, 1.54) is 6.20 Å². The van der Waals surface area contributed by atoms with Crippen molar-refractivity contribution in [3.05, 3.63) is 17.5 Å². The fourth-order valence-corrected chi connectivity index (χ4v) is 2.29. The van der Waals surface area contributed by atoms with Gasteiger partial charge in [-0.2, -0.15) is 0 Å². The summed E-state index contributed by atoms with van der Waals surface area (Å²) in [6.45, 7) is 5.39. The van der Waals surface area contributed by atoms with Crippen LogP contribution in [-0.4, -0.2) is 28.9 Å². The number of rotatable bonds is 3. The Bertz CT molecular complexity index is 346. The van der Waals surface area contributed by atoms with Crippen LogP contribution in [0.1, 0.15) is 48.8 Å².